The Balaban J connectivity index is 0.928. The zero-order valence-corrected chi connectivity index (χ0v) is 50.1. The van der Waals surface area contributed by atoms with E-state index in [4.69, 9.17) is 27.5 Å². The number of aromatic nitrogens is 6. The van der Waals surface area contributed by atoms with E-state index in [1.165, 1.54) is 200 Å². The van der Waals surface area contributed by atoms with E-state index in [9.17, 15) is 0 Å². The molecule has 0 atom stereocenters. The van der Waals surface area contributed by atoms with E-state index in [2.05, 4.69) is 101 Å². The van der Waals surface area contributed by atoms with Gasteiger partial charge in [0.2, 0.25) is 0 Å². The second kappa shape index (κ2) is 23.7. The van der Waals surface area contributed by atoms with E-state index in [0.29, 0.717) is 0 Å². The van der Waals surface area contributed by atoms with Crippen molar-refractivity contribution in [2.24, 2.45) is 0 Å². The van der Waals surface area contributed by atoms with Crippen molar-refractivity contribution in [3.8, 4) is 71.3 Å². The molecule has 0 unspecified atom stereocenters. The molecule has 11 heterocycles. The smallest absolute Gasteiger partial charge is 0.132 e. The molecule has 0 aromatic carbocycles. The largest absolute Gasteiger partial charge is 0.252 e. The van der Waals surface area contributed by atoms with Crippen LogP contribution in [-0.4, -0.2) is 35.5 Å². The highest BCUT2D eigenvalue weighted by Gasteiger charge is 2.48. The van der Waals surface area contributed by atoms with Crippen LogP contribution in [0.15, 0.2) is 73.1 Å². The predicted octanol–water partition coefficient (Wildman–Crippen LogP) is 19.8. The first-order chi connectivity index (χ1) is 36.0. The van der Waals surface area contributed by atoms with Crippen molar-refractivity contribution in [1.82, 2.24) is 27.5 Å². The molecule has 0 saturated heterocycles. The molecule has 1 aliphatic rings. The van der Waals surface area contributed by atoms with Gasteiger partial charge in [-0.25, -0.2) is 0 Å². The Bertz CT molecular complexity index is 3200. The lowest BCUT2D eigenvalue weighted by molar-refractivity contribution is 0.670. The molecule has 0 saturated carbocycles. The van der Waals surface area contributed by atoms with Crippen LogP contribution in [0.3, 0.4) is 0 Å². The van der Waals surface area contributed by atoms with Crippen molar-refractivity contribution in [3.05, 3.63) is 82.8 Å². The topological polar surface area (TPSA) is 77.3 Å². The first kappa shape index (κ1) is 51.5. The number of pyridine rings is 2. The number of hydrogen-bond donors (Lipinski definition) is 0. The predicted molar refractivity (Wildman–Crippen MR) is 328 cm³/mol. The van der Waals surface area contributed by atoms with Crippen LogP contribution in [0, 0.1) is 0 Å². The van der Waals surface area contributed by atoms with Crippen molar-refractivity contribution >= 4 is 132 Å². The number of aryl methyl sites for hydroxylation is 2. The quantitative estimate of drug-likeness (QED) is 0.0397. The lowest BCUT2D eigenvalue weighted by atomic mass is 10.1. The maximum absolute atomic E-state index is 5.25. The van der Waals surface area contributed by atoms with Crippen LogP contribution in [0.1, 0.15) is 140 Å². The summed E-state index contributed by atoms with van der Waals surface area (Å²) in [5.74, 6) is 0. The number of fused-ring (bicyclic) bond motifs is 5. The maximum atomic E-state index is 5.25. The van der Waals surface area contributed by atoms with Gasteiger partial charge < -0.3 is 0 Å². The summed E-state index contributed by atoms with van der Waals surface area (Å²) in [5, 5.41) is 3.29. The Morgan fingerprint density at radius 1 is 0.370 bits per heavy atom. The zero-order valence-electron chi connectivity index (χ0n) is 42.5. The van der Waals surface area contributed by atoms with Crippen LogP contribution in [0.5, 0.6) is 0 Å². The van der Waals surface area contributed by atoms with Crippen LogP contribution in [0.25, 0.3) is 93.4 Å². The van der Waals surface area contributed by atoms with Gasteiger partial charge in [-0.05, 0) is 109 Å². The SMILES string of the molecule is CCCCCCc1ccc(-c2ccc(-c3ncc(-c4cc5c(s4)-c4sc(-c6cnc(-c7ccc(-c8ccc(CCCCCC)s8)s7)c7nsnc67)cc4[Si]5(CCCCCC)CCCCCC)c4nsnc34)s2)s1. The Morgan fingerprint density at radius 3 is 1.19 bits per heavy atom. The molecule has 0 bridgehead atoms. The third-order valence-electron chi connectivity index (χ3n) is 14.8. The number of rotatable bonds is 26. The number of thiophene rings is 6. The van der Waals surface area contributed by atoms with Crippen molar-refractivity contribution in [2.75, 3.05) is 0 Å². The standard InChI is InChI=1S/C58H64N6S8Si/c1-5-9-13-17-21-37-23-25-41(65-37)43-27-29-45(67-43)53-55-51(61-71-63-55)39(35-59-53)47-33-49-57(69-47)58-50(73(49,31-19-15-11-7-3)32-20-16-12-8-4)34-48(70-58)40-36-60-54(56-52(40)62-72-64-56)46-30-28-44(68-46)42-26-24-38(66-42)22-18-14-10-6-2/h23-30,33-36H,5-22,31-32H2,1-4H3. The van der Waals surface area contributed by atoms with Crippen molar-refractivity contribution in [1.29, 1.82) is 0 Å². The highest BCUT2D eigenvalue weighted by atomic mass is 32.1. The fourth-order valence-electron chi connectivity index (χ4n) is 10.8. The van der Waals surface area contributed by atoms with E-state index >= 15 is 0 Å². The Hall–Kier alpha value is -3.64. The van der Waals surface area contributed by atoms with Gasteiger partial charge in [-0.3, -0.25) is 9.97 Å². The molecule has 10 aromatic heterocycles. The van der Waals surface area contributed by atoms with E-state index in [0.717, 1.165) is 54.3 Å². The molecule has 1 aliphatic heterocycles. The van der Waals surface area contributed by atoms with E-state index in [1.807, 2.05) is 68.0 Å². The van der Waals surface area contributed by atoms with Gasteiger partial charge in [0.15, 0.2) is 0 Å². The van der Waals surface area contributed by atoms with Crippen LogP contribution in [0.2, 0.25) is 12.1 Å². The maximum Gasteiger partial charge on any atom is 0.132 e. The van der Waals surface area contributed by atoms with E-state index in [1.54, 1.807) is 10.4 Å². The summed E-state index contributed by atoms with van der Waals surface area (Å²) in [6.07, 6.45) is 27.1. The summed E-state index contributed by atoms with van der Waals surface area (Å²) in [4.78, 5) is 26.6. The van der Waals surface area contributed by atoms with Gasteiger partial charge >= 0.3 is 0 Å². The minimum Gasteiger partial charge on any atom is -0.252 e. The number of nitrogens with zero attached hydrogens (tertiary/aromatic N) is 6. The van der Waals surface area contributed by atoms with E-state index < -0.39 is 8.07 Å². The average molecular weight is 1130 g/mol. The van der Waals surface area contributed by atoms with Crippen LogP contribution < -0.4 is 10.4 Å². The lowest BCUT2D eigenvalue weighted by Crippen LogP contribution is -2.54. The minimum atomic E-state index is -2.19. The Kier molecular flexibility index (Phi) is 16.7. The van der Waals surface area contributed by atoms with Gasteiger partial charge in [0, 0.05) is 72.3 Å². The Morgan fingerprint density at radius 2 is 0.753 bits per heavy atom. The second-order valence-corrected chi connectivity index (χ2v) is 31.8. The molecule has 6 nitrogen and oxygen atoms in total. The van der Waals surface area contributed by atoms with Crippen LogP contribution in [-0.2, 0) is 12.8 Å². The zero-order chi connectivity index (χ0) is 49.7. The molecule has 10 aromatic rings. The first-order valence-corrected chi connectivity index (χ1v) is 35.7. The summed E-state index contributed by atoms with van der Waals surface area (Å²) >= 11 is 14.1. The molecule has 15 heteroatoms. The van der Waals surface area contributed by atoms with Crippen LogP contribution >= 0.6 is 91.5 Å². The summed E-state index contributed by atoms with van der Waals surface area (Å²) in [6.45, 7) is 9.23. The van der Waals surface area contributed by atoms with Crippen molar-refractivity contribution in [3.63, 3.8) is 0 Å². The summed E-state index contributed by atoms with van der Waals surface area (Å²) in [7, 11) is -2.19. The molecule has 0 spiro atoms. The van der Waals surface area contributed by atoms with Crippen LogP contribution in [0.4, 0.5) is 0 Å². The third kappa shape index (κ3) is 10.6. The second-order valence-electron chi connectivity index (χ2n) is 19.9. The van der Waals surface area contributed by atoms with Gasteiger partial charge in [-0.15, -0.1) is 68.0 Å². The van der Waals surface area contributed by atoms with Gasteiger partial charge in [-0.1, -0.05) is 118 Å². The van der Waals surface area contributed by atoms with E-state index in [-0.39, 0.29) is 0 Å². The van der Waals surface area contributed by atoms with Crippen molar-refractivity contribution in [2.45, 2.75) is 155 Å². The highest BCUT2D eigenvalue weighted by Crippen LogP contribution is 2.50. The molecular formula is C58H64N6S8Si. The molecule has 0 radical (unpaired) electrons. The minimum absolute atomic E-state index is 0.915. The molecule has 11 rings (SSSR count). The third-order valence-corrected chi connectivity index (χ3v) is 28.8. The van der Waals surface area contributed by atoms with Gasteiger partial charge in [0.1, 0.15) is 41.5 Å². The number of unbranched alkanes of at least 4 members (excludes halogenated alkanes) is 12. The van der Waals surface area contributed by atoms with Gasteiger partial charge in [0.05, 0.1) is 33.2 Å². The normalized spacial score (nSPS) is 13.0. The monoisotopic (exact) mass is 1130 g/mol. The fraction of sp³-hybridized carbons (Fsp3) is 0.414. The summed E-state index contributed by atoms with van der Waals surface area (Å²) < 4.78 is 19.9. The fourth-order valence-corrected chi connectivity index (χ4v) is 25.7. The molecule has 378 valence electrons. The molecule has 73 heavy (non-hydrogen) atoms. The van der Waals surface area contributed by atoms with Crippen molar-refractivity contribution < 1.29 is 0 Å². The average Bonchev–Trinajstić information content (AvgIpc) is 4.26. The molecule has 0 N–H and O–H groups in total. The molecule has 0 fully saturated rings. The number of hydrogen-bond acceptors (Lipinski definition) is 14. The lowest BCUT2D eigenvalue weighted by Gasteiger charge is -2.29. The van der Waals surface area contributed by atoms with Gasteiger partial charge in [0.25, 0.3) is 0 Å². The molecule has 0 amide bonds. The summed E-state index contributed by atoms with van der Waals surface area (Å²) in [5.41, 5.74) is 7.88. The molecular weight excluding hydrogens is 1070 g/mol. The highest BCUT2D eigenvalue weighted by molar-refractivity contribution is 7.32. The Labute approximate surface area is 464 Å². The first-order valence-electron chi connectivity index (χ1n) is 26.9. The summed E-state index contributed by atoms with van der Waals surface area (Å²) in [6, 6.07) is 26.1. The van der Waals surface area contributed by atoms with Gasteiger partial charge in [-0.2, -0.15) is 17.5 Å². The molecule has 0 aliphatic carbocycles.